The maximum atomic E-state index is 12.9. The number of carbonyl (C=O) groups is 2. The lowest BCUT2D eigenvalue weighted by atomic mass is 10.2. The summed E-state index contributed by atoms with van der Waals surface area (Å²) in [6.45, 7) is 4.76. The Kier molecular flexibility index (Phi) is 6.58. The van der Waals surface area contributed by atoms with E-state index in [9.17, 15) is 14.0 Å². The van der Waals surface area contributed by atoms with Gasteiger partial charge in [-0.3, -0.25) is 4.79 Å². The summed E-state index contributed by atoms with van der Waals surface area (Å²) >= 11 is 5.92. The number of esters is 1. The molecule has 7 heteroatoms. The predicted molar refractivity (Wildman–Crippen MR) is 96.9 cm³/mol. The summed E-state index contributed by atoms with van der Waals surface area (Å²) in [5, 5.41) is 3.15. The van der Waals surface area contributed by atoms with Crippen molar-refractivity contribution in [2.75, 3.05) is 5.32 Å². The number of hydrogen-bond acceptors (Lipinski definition) is 4. The quantitative estimate of drug-likeness (QED) is 0.766. The van der Waals surface area contributed by atoms with E-state index in [0.717, 1.165) is 5.56 Å². The molecule has 1 N–H and O–H groups in total. The molecule has 2 aromatic carbocycles. The van der Waals surface area contributed by atoms with Gasteiger partial charge in [0.1, 0.15) is 11.6 Å². The lowest BCUT2D eigenvalue weighted by molar-refractivity contribution is -0.159. The number of anilines is 1. The van der Waals surface area contributed by atoms with Gasteiger partial charge in [-0.2, -0.15) is 0 Å². The van der Waals surface area contributed by atoms with Crippen molar-refractivity contribution < 1.29 is 23.5 Å². The minimum Gasteiger partial charge on any atom is -0.479 e. The summed E-state index contributed by atoms with van der Waals surface area (Å²) in [5.41, 5.74) is 1.37. The van der Waals surface area contributed by atoms with E-state index in [-0.39, 0.29) is 0 Å². The maximum Gasteiger partial charge on any atom is 0.347 e. The third kappa shape index (κ3) is 5.46. The maximum absolute atomic E-state index is 12.9. The number of benzene rings is 2. The van der Waals surface area contributed by atoms with E-state index in [1.165, 1.54) is 38.1 Å². The number of hydrogen-bond donors (Lipinski definition) is 1. The zero-order chi connectivity index (χ0) is 19.3. The minimum atomic E-state index is -1.03. The van der Waals surface area contributed by atoms with Crippen molar-refractivity contribution in [1.82, 2.24) is 0 Å². The van der Waals surface area contributed by atoms with Crippen LogP contribution in [0.5, 0.6) is 5.75 Å². The average Bonchev–Trinajstić information content (AvgIpc) is 2.59. The zero-order valence-electron chi connectivity index (χ0n) is 14.6. The largest absolute Gasteiger partial charge is 0.479 e. The highest BCUT2D eigenvalue weighted by atomic mass is 35.5. The van der Waals surface area contributed by atoms with Crippen LogP contribution in [0.25, 0.3) is 0 Å². The second-order valence-electron chi connectivity index (χ2n) is 5.74. The van der Waals surface area contributed by atoms with E-state index in [2.05, 4.69) is 5.32 Å². The highest BCUT2D eigenvalue weighted by Gasteiger charge is 2.23. The molecule has 0 spiro atoms. The summed E-state index contributed by atoms with van der Waals surface area (Å²) in [4.78, 5) is 24.3. The highest BCUT2D eigenvalue weighted by Crippen LogP contribution is 2.20. The van der Waals surface area contributed by atoms with Crippen LogP contribution in [0.15, 0.2) is 42.5 Å². The number of ether oxygens (including phenoxy) is 2. The van der Waals surface area contributed by atoms with Crippen LogP contribution in [0.1, 0.15) is 19.4 Å². The second kappa shape index (κ2) is 8.67. The lowest BCUT2D eigenvalue weighted by Crippen LogP contribution is -2.35. The van der Waals surface area contributed by atoms with E-state index in [0.29, 0.717) is 16.5 Å². The predicted octanol–water partition coefficient (Wildman–Crippen LogP) is 4.13. The van der Waals surface area contributed by atoms with Crippen molar-refractivity contribution in [3.63, 3.8) is 0 Å². The van der Waals surface area contributed by atoms with Crippen LogP contribution in [-0.4, -0.2) is 24.1 Å². The van der Waals surface area contributed by atoms with Gasteiger partial charge < -0.3 is 14.8 Å². The van der Waals surface area contributed by atoms with Crippen molar-refractivity contribution in [3.05, 3.63) is 58.9 Å². The minimum absolute atomic E-state index is 0.322. The van der Waals surface area contributed by atoms with E-state index >= 15 is 0 Å². The fourth-order valence-electron chi connectivity index (χ4n) is 2.05. The number of rotatable bonds is 6. The Morgan fingerprint density at radius 1 is 1.08 bits per heavy atom. The standard InChI is InChI=1S/C19H19ClFNO4/c1-11-4-5-14(20)10-17(11)22-18(23)12(2)26-19(24)13(3)25-16-8-6-15(21)7-9-16/h4-10,12-13H,1-3H3,(H,22,23)/t12-,13-/m1/s1. The third-order valence-corrected chi connectivity index (χ3v) is 3.81. The fraction of sp³-hybridized carbons (Fsp3) is 0.263. The lowest BCUT2D eigenvalue weighted by Gasteiger charge is -2.18. The van der Waals surface area contributed by atoms with Gasteiger partial charge in [0.2, 0.25) is 0 Å². The number of halogens is 2. The van der Waals surface area contributed by atoms with Crippen molar-refractivity contribution in [2.24, 2.45) is 0 Å². The number of amides is 1. The molecule has 2 atom stereocenters. The monoisotopic (exact) mass is 379 g/mol. The first-order valence-corrected chi connectivity index (χ1v) is 8.34. The van der Waals surface area contributed by atoms with Gasteiger partial charge >= 0.3 is 5.97 Å². The molecule has 0 aliphatic rings. The molecule has 0 radical (unpaired) electrons. The highest BCUT2D eigenvalue weighted by molar-refractivity contribution is 6.31. The smallest absolute Gasteiger partial charge is 0.347 e. The Hall–Kier alpha value is -2.60. The number of aryl methyl sites for hydroxylation is 1. The number of carbonyl (C=O) groups excluding carboxylic acids is 2. The molecular weight excluding hydrogens is 361 g/mol. The molecule has 0 saturated heterocycles. The molecule has 5 nitrogen and oxygen atoms in total. The van der Waals surface area contributed by atoms with Gasteiger partial charge in [0, 0.05) is 10.7 Å². The molecule has 138 valence electrons. The summed E-state index contributed by atoms with van der Waals surface area (Å²) in [7, 11) is 0. The molecule has 26 heavy (non-hydrogen) atoms. The van der Waals surface area contributed by atoms with Gasteiger partial charge in [-0.25, -0.2) is 9.18 Å². The SMILES string of the molecule is Cc1ccc(Cl)cc1NC(=O)[C@@H](C)OC(=O)[C@@H](C)Oc1ccc(F)cc1. The van der Waals surface area contributed by atoms with Crippen molar-refractivity contribution in [3.8, 4) is 5.75 Å². The van der Waals surface area contributed by atoms with Gasteiger partial charge in [0.15, 0.2) is 12.2 Å². The van der Waals surface area contributed by atoms with Crippen LogP contribution in [-0.2, 0) is 14.3 Å². The molecule has 1 amide bonds. The Morgan fingerprint density at radius 2 is 1.73 bits per heavy atom. The zero-order valence-corrected chi connectivity index (χ0v) is 15.3. The second-order valence-corrected chi connectivity index (χ2v) is 6.18. The molecule has 0 unspecified atom stereocenters. The topological polar surface area (TPSA) is 64.6 Å². The molecule has 2 aromatic rings. The summed E-state index contributed by atoms with van der Waals surface area (Å²) in [5.74, 6) is -1.28. The Balaban J connectivity index is 1.91. The Morgan fingerprint density at radius 3 is 2.38 bits per heavy atom. The van der Waals surface area contributed by atoms with Crippen LogP contribution >= 0.6 is 11.6 Å². The first kappa shape index (κ1) is 19.7. The first-order valence-electron chi connectivity index (χ1n) is 7.96. The van der Waals surface area contributed by atoms with E-state index in [4.69, 9.17) is 21.1 Å². The molecule has 0 fully saturated rings. The molecule has 0 aliphatic heterocycles. The van der Waals surface area contributed by atoms with Crippen LogP contribution in [0.2, 0.25) is 5.02 Å². The van der Waals surface area contributed by atoms with Crippen molar-refractivity contribution in [1.29, 1.82) is 0 Å². The third-order valence-electron chi connectivity index (χ3n) is 3.58. The molecule has 0 aromatic heterocycles. The average molecular weight is 380 g/mol. The van der Waals surface area contributed by atoms with Crippen molar-refractivity contribution in [2.45, 2.75) is 33.0 Å². The van der Waals surface area contributed by atoms with E-state index in [1.54, 1.807) is 18.2 Å². The van der Waals surface area contributed by atoms with Crippen LogP contribution < -0.4 is 10.1 Å². The van der Waals surface area contributed by atoms with Crippen LogP contribution in [0.3, 0.4) is 0 Å². The molecule has 0 heterocycles. The van der Waals surface area contributed by atoms with Gasteiger partial charge in [0.25, 0.3) is 5.91 Å². The van der Waals surface area contributed by atoms with Crippen LogP contribution in [0.4, 0.5) is 10.1 Å². The van der Waals surface area contributed by atoms with Gasteiger partial charge in [-0.05, 0) is 62.7 Å². The molecular formula is C19H19ClFNO4. The van der Waals surface area contributed by atoms with Crippen molar-refractivity contribution >= 4 is 29.2 Å². The first-order chi connectivity index (χ1) is 12.3. The molecule has 2 rings (SSSR count). The van der Waals surface area contributed by atoms with Gasteiger partial charge in [0.05, 0.1) is 0 Å². The Labute approximate surface area is 156 Å². The molecule has 0 aliphatic carbocycles. The van der Waals surface area contributed by atoms with E-state index in [1.807, 2.05) is 6.92 Å². The summed E-state index contributed by atoms with van der Waals surface area (Å²) < 4.78 is 23.4. The number of nitrogens with one attached hydrogen (secondary N) is 1. The van der Waals surface area contributed by atoms with E-state index < -0.39 is 29.9 Å². The van der Waals surface area contributed by atoms with Gasteiger partial charge in [-0.1, -0.05) is 17.7 Å². The Bertz CT molecular complexity index is 795. The fourth-order valence-corrected chi connectivity index (χ4v) is 2.22. The summed E-state index contributed by atoms with van der Waals surface area (Å²) in [6, 6.07) is 10.3. The summed E-state index contributed by atoms with van der Waals surface area (Å²) in [6.07, 6.45) is -1.98. The normalized spacial score (nSPS) is 12.8. The van der Waals surface area contributed by atoms with Crippen LogP contribution in [0, 0.1) is 12.7 Å². The molecule has 0 bridgehead atoms. The molecule has 0 saturated carbocycles. The van der Waals surface area contributed by atoms with Gasteiger partial charge in [-0.15, -0.1) is 0 Å².